The predicted molar refractivity (Wildman–Crippen MR) is 66.0 cm³/mol. The third kappa shape index (κ3) is 36.5. The molecule has 16 heteroatoms. The zero-order valence-electron chi connectivity index (χ0n) is 10.7. The first-order valence-corrected chi connectivity index (χ1v) is 7.25. The number of phosphoric ester groups is 1. The van der Waals surface area contributed by atoms with Crippen molar-refractivity contribution in [1.29, 1.82) is 0 Å². The molecule has 136 valence electrons. The van der Waals surface area contributed by atoms with E-state index in [1.54, 1.807) is 0 Å². The average Bonchev–Trinajstić information content (AvgIpc) is 2.37. The summed E-state index contributed by atoms with van der Waals surface area (Å²) in [5, 5.41) is 31.0. The zero-order valence-corrected chi connectivity index (χ0v) is 12.5. The summed E-state index contributed by atoms with van der Waals surface area (Å²) in [6, 6.07) is 0. The van der Waals surface area contributed by atoms with Crippen LogP contribution in [-0.4, -0.2) is 67.4 Å². The average molecular weight is 376 g/mol. The van der Waals surface area contributed by atoms with Gasteiger partial charge in [0.25, 0.3) is 0 Å². The van der Waals surface area contributed by atoms with Gasteiger partial charge in [0.1, 0.15) is 6.10 Å². The van der Waals surface area contributed by atoms with Crippen molar-refractivity contribution >= 4 is 28.3 Å². The second kappa shape index (κ2) is 18.2. The molecule has 2 unspecified atom stereocenters. The number of phosphoric acid groups is 1. The van der Waals surface area contributed by atoms with E-state index in [0.717, 1.165) is 0 Å². The molecule has 0 aromatic heterocycles. The first kappa shape index (κ1) is 29.2. The maximum atomic E-state index is 10.2. The molecule has 0 rings (SSSR count). The minimum atomic E-state index is -4.71. The van der Waals surface area contributed by atoms with Gasteiger partial charge in [-0.15, -0.1) is 0 Å². The second-order valence-corrected chi connectivity index (χ2v) is 4.39. The summed E-state index contributed by atoms with van der Waals surface area (Å²) in [5.74, 6) is -1.11. The summed E-state index contributed by atoms with van der Waals surface area (Å²) in [6.07, 6.45) is -1.32. The van der Waals surface area contributed by atoms with Crippen LogP contribution in [0.4, 0.5) is 0 Å². The quantitative estimate of drug-likeness (QED) is 0.114. The molecule has 0 aromatic rings. The van der Waals surface area contributed by atoms with Crippen LogP contribution in [0.25, 0.3) is 0 Å². The van der Waals surface area contributed by atoms with Gasteiger partial charge in [-0.2, -0.15) is 0 Å². The maximum absolute atomic E-state index is 10.2. The fourth-order valence-corrected chi connectivity index (χ4v) is 0.669. The van der Waals surface area contributed by atoms with Gasteiger partial charge in [0.2, 0.25) is 0 Å². The van der Waals surface area contributed by atoms with Gasteiger partial charge in [0, 0.05) is 6.10 Å². The van der Waals surface area contributed by atoms with E-state index in [2.05, 4.69) is 9.20 Å². The molecule has 0 saturated carbocycles. The zero-order chi connectivity index (χ0) is 17.5. The van der Waals surface area contributed by atoms with Crippen LogP contribution in [0, 0.1) is 0 Å². The minimum absolute atomic E-state index is 0. The SMILES string of the molecule is O.O=C(CCO)OP(=O)(O)O.O=CC(O)CO.O=[P+]([O-])OO.[HH]. The molecule has 14 nitrogen and oxygen atoms in total. The van der Waals surface area contributed by atoms with E-state index >= 15 is 0 Å². The number of hydrogen-bond donors (Lipinski definition) is 6. The first-order valence-electron chi connectivity index (χ1n) is 4.63. The third-order valence-corrected chi connectivity index (χ3v) is 1.52. The Morgan fingerprint density at radius 1 is 1.41 bits per heavy atom. The van der Waals surface area contributed by atoms with Crippen molar-refractivity contribution in [2.75, 3.05) is 13.2 Å². The monoisotopic (exact) mass is 376 g/mol. The summed E-state index contributed by atoms with van der Waals surface area (Å²) in [6.45, 7) is -0.970. The van der Waals surface area contributed by atoms with E-state index in [0.29, 0.717) is 0 Å². The molecule has 0 aliphatic rings. The Kier molecular flexibility index (Phi) is 24.1. The van der Waals surface area contributed by atoms with E-state index in [-0.39, 0.29) is 13.2 Å². The smallest absolute Gasteiger partial charge is 0.526 e. The molecule has 22 heavy (non-hydrogen) atoms. The van der Waals surface area contributed by atoms with Gasteiger partial charge in [0.05, 0.1) is 19.6 Å². The lowest BCUT2D eigenvalue weighted by Gasteiger charge is -2.02. The van der Waals surface area contributed by atoms with E-state index in [1.807, 2.05) is 0 Å². The number of aliphatic hydroxyl groups is 3. The number of carbonyl (C=O) groups excluding carboxylic acids is 2. The summed E-state index contributed by atoms with van der Waals surface area (Å²) in [5.41, 5.74) is 0. The summed E-state index contributed by atoms with van der Waals surface area (Å²) >= 11 is 0. The lowest BCUT2D eigenvalue weighted by Crippen LogP contribution is -2.12. The van der Waals surface area contributed by atoms with Crippen LogP contribution in [0.1, 0.15) is 7.85 Å². The van der Waals surface area contributed by atoms with E-state index in [9.17, 15) is 14.2 Å². The Bertz CT molecular complexity index is 344. The summed E-state index contributed by atoms with van der Waals surface area (Å²) < 4.78 is 25.1. The molecule has 0 fully saturated rings. The van der Waals surface area contributed by atoms with Crippen molar-refractivity contribution in [3.8, 4) is 0 Å². The molecule has 0 amide bonds. The van der Waals surface area contributed by atoms with Gasteiger partial charge in [-0.1, -0.05) is 0 Å². The van der Waals surface area contributed by atoms with Crippen LogP contribution in [0.3, 0.4) is 0 Å². The third-order valence-electron chi connectivity index (χ3n) is 0.947. The van der Waals surface area contributed by atoms with Gasteiger partial charge >= 0.3 is 22.0 Å². The first-order chi connectivity index (χ1) is 9.53. The number of carbonyl (C=O) groups is 2. The molecule has 0 aromatic carbocycles. The van der Waals surface area contributed by atoms with Crippen molar-refractivity contribution in [2.45, 2.75) is 12.5 Å². The lowest BCUT2D eigenvalue weighted by molar-refractivity contribution is -0.244. The van der Waals surface area contributed by atoms with Gasteiger partial charge < -0.3 is 35.0 Å². The van der Waals surface area contributed by atoms with Gasteiger partial charge in [-0.25, -0.2) is 9.82 Å². The highest BCUT2D eigenvalue weighted by atomic mass is 31.2. The van der Waals surface area contributed by atoms with Gasteiger partial charge in [0.15, 0.2) is 6.29 Å². The Morgan fingerprint density at radius 3 is 1.95 bits per heavy atom. The van der Waals surface area contributed by atoms with Crippen LogP contribution >= 0.6 is 16.1 Å². The standard InChI is InChI=1S/C3H7O6P.C3H6O3.HO4P.H2O.H2/c4-2-1-3(5)9-10(6,7)8;4-1-3(6)2-5;1-4-5(2)3;;/h4H,1-2H2,(H2,6,7,8);1,3,5-6H,2H2;1H;1H2;1H. The normalized spacial score (nSPS) is 11.3. The van der Waals surface area contributed by atoms with Crippen molar-refractivity contribution in [2.24, 2.45) is 0 Å². The molecule has 0 aliphatic heterocycles. The summed E-state index contributed by atoms with van der Waals surface area (Å²) in [4.78, 5) is 44.4. The molecule has 2 atom stereocenters. The van der Waals surface area contributed by atoms with Gasteiger partial charge in [-0.05, 0) is 4.57 Å². The molecule has 0 bridgehead atoms. The molecular formula is C6H18O14P2. The number of aliphatic hydroxyl groups excluding tert-OH is 3. The highest BCUT2D eigenvalue weighted by Crippen LogP contribution is 2.35. The topological polar surface area (TPSA) is 263 Å². The molecule has 0 saturated heterocycles. The van der Waals surface area contributed by atoms with E-state index in [4.69, 9.17) is 39.8 Å². The number of aldehydes is 1. The fraction of sp³-hybridized carbons (Fsp3) is 0.667. The number of hydrogen-bond acceptors (Lipinski definition) is 11. The molecule has 0 radical (unpaired) electrons. The van der Waals surface area contributed by atoms with Crippen LogP contribution < -0.4 is 4.89 Å². The van der Waals surface area contributed by atoms with Crippen molar-refractivity contribution in [3.63, 3.8) is 0 Å². The predicted octanol–water partition coefficient (Wildman–Crippen LogP) is -3.54. The van der Waals surface area contributed by atoms with Crippen LogP contribution in [0.2, 0.25) is 0 Å². The summed E-state index contributed by atoms with van der Waals surface area (Å²) in [7, 11) is -7.75. The molecule has 0 spiro atoms. The second-order valence-electron chi connectivity index (χ2n) is 2.62. The fourth-order valence-electron chi connectivity index (χ4n) is 0.313. The number of rotatable bonds is 6. The minimum Gasteiger partial charge on any atom is -0.565 e. The largest absolute Gasteiger partial charge is 0.565 e. The Morgan fingerprint density at radius 2 is 1.82 bits per heavy atom. The Hall–Kier alpha value is -0.890. The lowest BCUT2D eigenvalue weighted by atomic mass is 10.4. The molecule has 0 heterocycles. The Labute approximate surface area is 125 Å². The Balaban J connectivity index is -0.0000000725. The van der Waals surface area contributed by atoms with Crippen molar-refractivity contribution < 1.29 is 70.1 Å². The van der Waals surface area contributed by atoms with Crippen molar-refractivity contribution in [1.82, 2.24) is 0 Å². The molecular weight excluding hydrogens is 358 g/mol. The van der Waals surface area contributed by atoms with Gasteiger partial charge in [-0.3, -0.25) is 14.6 Å². The van der Waals surface area contributed by atoms with Crippen LogP contribution in [-0.2, 0) is 27.9 Å². The van der Waals surface area contributed by atoms with Crippen LogP contribution in [0.5, 0.6) is 0 Å². The highest BCUT2D eigenvalue weighted by Gasteiger charge is 2.19. The van der Waals surface area contributed by atoms with Crippen molar-refractivity contribution in [3.05, 3.63) is 0 Å². The van der Waals surface area contributed by atoms with E-state index in [1.165, 1.54) is 0 Å². The van der Waals surface area contributed by atoms with E-state index < -0.39 is 47.8 Å². The highest BCUT2D eigenvalue weighted by molar-refractivity contribution is 7.46. The van der Waals surface area contributed by atoms with Crippen LogP contribution in [0.15, 0.2) is 0 Å². The maximum Gasteiger partial charge on any atom is 0.526 e. The molecule has 0 aliphatic carbocycles. The molecule has 8 N–H and O–H groups in total.